The van der Waals surface area contributed by atoms with E-state index in [1.165, 1.54) is 7.11 Å². The first-order chi connectivity index (χ1) is 17.8. The van der Waals surface area contributed by atoms with Gasteiger partial charge in [0, 0.05) is 24.8 Å². The summed E-state index contributed by atoms with van der Waals surface area (Å²) < 4.78 is 67.0. The lowest BCUT2D eigenvalue weighted by molar-refractivity contribution is -0.142. The Morgan fingerprint density at radius 2 is 2.05 bits per heavy atom. The van der Waals surface area contributed by atoms with Crippen LogP contribution in [0.4, 0.5) is 23.5 Å². The van der Waals surface area contributed by atoms with Gasteiger partial charge in [0.25, 0.3) is 0 Å². The number of halogens is 4. The zero-order chi connectivity index (χ0) is 25.7. The number of hydrogen-bond acceptors (Lipinski definition) is 8. The normalized spacial score (nSPS) is 21.4. The summed E-state index contributed by atoms with van der Waals surface area (Å²) in [5.74, 6) is 0.474. The summed E-state index contributed by atoms with van der Waals surface area (Å²) in [4.78, 5) is 6.58. The van der Waals surface area contributed by atoms with Crippen LogP contribution >= 0.6 is 0 Å². The van der Waals surface area contributed by atoms with Crippen LogP contribution in [0.1, 0.15) is 6.42 Å². The molecule has 2 aliphatic heterocycles. The molecule has 0 radical (unpaired) electrons. The van der Waals surface area contributed by atoms with Crippen LogP contribution in [-0.2, 0) is 11.3 Å². The van der Waals surface area contributed by atoms with E-state index in [4.69, 9.17) is 9.47 Å². The zero-order valence-electron chi connectivity index (χ0n) is 19.8. The number of hydrogen-bond donors (Lipinski definition) is 1. The van der Waals surface area contributed by atoms with Gasteiger partial charge in [-0.05, 0) is 30.2 Å². The second-order valence-electron chi connectivity index (χ2n) is 9.27. The maximum Gasteiger partial charge on any atom is 0.408 e. The molecule has 2 atom stereocenters. The fourth-order valence-electron chi connectivity index (χ4n) is 4.87. The van der Waals surface area contributed by atoms with Crippen molar-refractivity contribution in [2.75, 3.05) is 38.7 Å². The van der Waals surface area contributed by atoms with E-state index in [2.05, 4.69) is 30.6 Å². The minimum absolute atomic E-state index is 0.225. The standard InChI is InChI=1S/C23H24F4N8O2/c1-36-21-20-15(13-2-3-18-19(8-13)35(32-30-18)12-23(25,26)27)4-7-34(20)31-22(29-21)28-17-5-6-33(9-16(17)24)14-10-37-11-14/h2-4,7-8,14,16-17H,5-6,9-12H2,1H3,(H,28,31)/t16-,17+/m0/s1. The molecule has 3 aromatic heterocycles. The van der Waals surface area contributed by atoms with Gasteiger partial charge in [-0.1, -0.05) is 11.3 Å². The molecule has 14 heteroatoms. The minimum atomic E-state index is -4.43. The van der Waals surface area contributed by atoms with E-state index in [9.17, 15) is 17.6 Å². The van der Waals surface area contributed by atoms with Crippen LogP contribution in [0.5, 0.6) is 5.88 Å². The summed E-state index contributed by atoms with van der Waals surface area (Å²) in [7, 11) is 1.46. The summed E-state index contributed by atoms with van der Waals surface area (Å²) in [5.41, 5.74) is 2.41. The van der Waals surface area contributed by atoms with E-state index in [0.717, 1.165) is 11.2 Å². The quantitative estimate of drug-likeness (QED) is 0.388. The predicted molar refractivity (Wildman–Crippen MR) is 125 cm³/mol. The van der Waals surface area contributed by atoms with Gasteiger partial charge in [-0.3, -0.25) is 4.90 Å². The Kier molecular flexibility index (Phi) is 5.87. The van der Waals surface area contributed by atoms with E-state index < -0.39 is 24.9 Å². The van der Waals surface area contributed by atoms with E-state index in [1.54, 1.807) is 35.0 Å². The smallest absolute Gasteiger partial charge is 0.408 e. The Morgan fingerprint density at radius 1 is 1.22 bits per heavy atom. The van der Waals surface area contributed by atoms with Crippen LogP contribution in [0, 0.1) is 0 Å². The molecule has 0 bridgehead atoms. The lowest BCUT2D eigenvalue weighted by atomic mass is 10.0. The molecule has 1 aromatic carbocycles. The van der Waals surface area contributed by atoms with Crippen LogP contribution in [0.3, 0.4) is 0 Å². The van der Waals surface area contributed by atoms with Gasteiger partial charge in [-0.2, -0.15) is 18.2 Å². The summed E-state index contributed by atoms with van der Waals surface area (Å²) in [6.45, 7) is 1.12. The molecule has 6 rings (SSSR count). The molecule has 196 valence electrons. The first kappa shape index (κ1) is 23.9. The van der Waals surface area contributed by atoms with Crippen LogP contribution in [0.2, 0.25) is 0 Å². The molecule has 2 saturated heterocycles. The Morgan fingerprint density at radius 3 is 2.76 bits per heavy atom. The van der Waals surface area contributed by atoms with Gasteiger partial charge >= 0.3 is 6.18 Å². The predicted octanol–water partition coefficient (Wildman–Crippen LogP) is 2.94. The summed E-state index contributed by atoms with van der Waals surface area (Å²) in [6.07, 6.45) is -3.23. The van der Waals surface area contributed by atoms with Crippen molar-refractivity contribution in [3.8, 4) is 17.0 Å². The Labute approximate surface area is 208 Å². The second kappa shape index (κ2) is 9.10. The molecule has 0 amide bonds. The van der Waals surface area contributed by atoms with E-state index >= 15 is 0 Å². The van der Waals surface area contributed by atoms with Crippen molar-refractivity contribution >= 4 is 22.5 Å². The fourth-order valence-corrected chi connectivity index (χ4v) is 4.87. The van der Waals surface area contributed by atoms with Gasteiger partial charge in [0.05, 0.1) is 37.9 Å². The van der Waals surface area contributed by atoms with Crippen molar-refractivity contribution in [1.82, 2.24) is 34.5 Å². The molecular weight excluding hydrogens is 496 g/mol. The highest BCUT2D eigenvalue weighted by molar-refractivity contribution is 5.89. The molecular formula is C23H24F4N8O2. The molecule has 5 heterocycles. The largest absolute Gasteiger partial charge is 0.479 e. The van der Waals surface area contributed by atoms with Gasteiger partial charge in [-0.15, -0.1) is 10.2 Å². The highest BCUT2D eigenvalue weighted by atomic mass is 19.4. The molecule has 0 aliphatic carbocycles. The van der Waals surface area contributed by atoms with Gasteiger partial charge in [0.15, 0.2) is 0 Å². The van der Waals surface area contributed by atoms with Crippen molar-refractivity contribution in [2.45, 2.75) is 37.4 Å². The van der Waals surface area contributed by atoms with Crippen molar-refractivity contribution in [1.29, 1.82) is 0 Å². The minimum Gasteiger partial charge on any atom is -0.479 e. The van der Waals surface area contributed by atoms with Crippen LogP contribution in [0.15, 0.2) is 30.5 Å². The number of alkyl halides is 4. The summed E-state index contributed by atoms with van der Waals surface area (Å²) in [5, 5.41) is 15.1. The topological polar surface area (TPSA) is 94.6 Å². The number of ether oxygens (including phenoxy) is 2. The van der Waals surface area contributed by atoms with Crippen LogP contribution < -0.4 is 10.1 Å². The fraction of sp³-hybridized carbons (Fsp3) is 0.478. The molecule has 0 spiro atoms. The van der Waals surface area contributed by atoms with Crippen molar-refractivity contribution in [3.63, 3.8) is 0 Å². The monoisotopic (exact) mass is 520 g/mol. The van der Waals surface area contributed by atoms with Gasteiger partial charge in [0.1, 0.15) is 23.7 Å². The first-order valence-electron chi connectivity index (χ1n) is 11.9. The molecule has 0 unspecified atom stereocenters. The van der Waals surface area contributed by atoms with E-state index in [0.29, 0.717) is 48.3 Å². The lowest BCUT2D eigenvalue weighted by Crippen LogP contribution is -2.57. The van der Waals surface area contributed by atoms with E-state index in [1.807, 2.05) is 0 Å². The highest BCUT2D eigenvalue weighted by Gasteiger charge is 2.36. The lowest BCUT2D eigenvalue weighted by Gasteiger charge is -2.42. The molecule has 4 aromatic rings. The number of nitrogens with one attached hydrogen (secondary N) is 1. The number of aromatic nitrogens is 6. The van der Waals surface area contributed by atoms with Crippen molar-refractivity contribution in [2.24, 2.45) is 0 Å². The molecule has 0 saturated carbocycles. The van der Waals surface area contributed by atoms with Gasteiger partial charge in [0.2, 0.25) is 11.8 Å². The maximum absolute atomic E-state index is 14.9. The average molecular weight is 520 g/mol. The number of fused-ring (bicyclic) bond motifs is 2. The Bertz CT molecular complexity index is 1430. The van der Waals surface area contributed by atoms with Gasteiger partial charge < -0.3 is 14.8 Å². The third kappa shape index (κ3) is 4.55. The molecule has 1 N–H and O–H groups in total. The van der Waals surface area contributed by atoms with E-state index in [-0.39, 0.29) is 23.4 Å². The third-order valence-corrected chi connectivity index (χ3v) is 6.85. The molecule has 37 heavy (non-hydrogen) atoms. The third-order valence-electron chi connectivity index (χ3n) is 6.85. The van der Waals surface area contributed by atoms with Crippen molar-refractivity contribution < 1.29 is 27.0 Å². The number of likely N-dealkylation sites (tertiary alicyclic amines) is 1. The highest BCUT2D eigenvalue weighted by Crippen LogP contribution is 2.33. The molecule has 2 aliphatic rings. The number of rotatable bonds is 6. The Balaban J connectivity index is 1.28. The molecule has 2 fully saturated rings. The second-order valence-corrected chi connectivity index (χ2v) is 9.27. The Hall–Kier alpha value is -3.52. The summed E-state index contributed by atoms with van der Waals surface area (Å²) >= 11 is 0. The summed E-state index contributed by atoms with van der Waals surface area (Å²) in [6, 6.07) is 6.56. The van der Waals surface area contributed by atoms with Crippen LogP contribution in [-0.4, -0.2) is 92.3 Å². The average Bonchev–Trinajstić information content (AvgIpc) is 3.42. The first-order valence-corrected chi connectivity index (χ1v) is 11.9. The number of nitrogens with zero attached hydrogens (tertiary/aromatic N) is 7. The van der Waals surface area contributed by atoms with Crippen LogP contribution in [0.25, 0.3) is 27.7 Å². The van der Waals surface area contributed by atoms with Crippen molar-refractivity contribution in [3.05, 3.63) is 30.5 Å². The zero-order valence-corrected chi connectivity index (χ0v) is 19.8. The number of piperidine rings is 1. The van der Waals surface area contributed by atoms with Gasteiger partial charge in [-0.25, -0.2) is 13.6 Å². The number of benzene rings is 1. The molecule has 10 nitrogen and oxygen atoms in total. The number of anilines is 1. The number of methoxy groups -OCH3 is 1. The SMILES string of the molecule is COc1nc(N[C@@H]2CCN(C3COC3)C[C@@H]2F)nn2ccc(-c3ccc4nnn(CC(F)(F)F)c4c3)c12. The maximum atomic E-state index is 14.9.